The second-order valence-corrected chi connectivity index (χ2v) is 4.42. The van der Waals surface area contributed by atoms with Gasteiger partial charge in [-0.3, -0.25) is 0 Å². The number of imidazole rings is 1. The number of alkyl halides is 3. The van der Waals surface area contributed by atoms with E-state index in [1.54, 1.807) is 4.57 Å². The molecule has 0 saturated carbocycles. The van der Waals surface area contributed by atoms with Gasteiger partial charge in [0.05, 0.1) is 18.5 Å². The van der Waals surface area contributed by atoms with Crippen LogP contribution in [0.1, 0.15) is 11.4 Å². The van der Waals surface area contributed by atoms with Crippen LogP contribution in [0, 0.1) is 5.82 Å². The van der Waals surface area contributed by atoms with Gasteiger partial charge in [-0.1, -0.05) is 12.1 Å². The maximum absolute atomic E-state index is 13.6. The van der Waals surface area contributed by atoms with Gasteiger partial charge in [-0.2, -0.15) is 13.2 Å². The summed E-state index contributed by atoms with van der Waals surface area (Å²) in [6.07, 6.45) is -3.43. The molecule has 106 valence electrons. The van der Waals surface area contributed by atoms with Gasteiger partial charge in [-0.15, -0.1) is 0 Å². The van der Waals surface area contributed by atoms with Gasteiger partial charge < -0.3 is 9.30 Å². The highest BCUT2D eigenvalue weighted by Crippen LogP contribution is 2.39. The van der Waals surface area contributed by atoms with Crippen LogP contribution in [-0.2, 0) is 24.1 Å². The summed E-state index contributed by atoms with van der Waals surface area (Å²) in [5, 5.41) is 0. The molecule has 20 heavy (non-hydrogen) atoms. The van der Waals surface area contributed by atoms with Crippen molar-refractivity contribution in [3.8, 4) is 11.3 Å². The highest BCUT2D eigenvalue weighted by molar-refractivity contribution is 5.65. The number of halogens is 4. The highest BCUT2D eigenvalue weighted by Gasteiger charge is 2.38. The average molecular weight is 286 g/mol. The van der Waals surface area contributed by atoms with E-state index in [1.807, 2.05) is 0 Å². The van der Waals surface area contributed by atoms with Crippen LogP contribution in [0.2, 0.25) is 0 Å². The Labute approximate surface area is 111 Å². The van der Waals surface area contributed by atoms with Crippen LogP contribution >= 0.6 is 0 Å². The van der Waals surface area contributed by atoms with Gasteiger partial charge in [0.15, 0.2) is 0 Å². The minimum Gasteiger partial charge on any atom is -0.372 e. The predicted octanol–water partition coefficient (Wildman–Crippen LogP) is 3.24. The standard InChI is InChI=1S/C13H10F4N2O/c14-9-3-1-2-8(12(9)13(15,16)17)10-6-18-11-7-20-5-4-19(10)11/h1-3,6H,4-5,7H2. The molecule has 0 fully saturated rings. The first-order chi connectivity index (χ1) is 9.48. The molecule has 1 aromatic carbocycles. The molecular weight excluding hydrogens is 276 g/mol. The third kappa shape index (κ3) is 2.07. The molecule has 0 unspecified atom stereocenters. The number of aromatic nitrogens is 2. The number of nitrogens with zero attached hydrogens (tertiary/aromatic N) is 2. The second-order valence-electron chi connectivity index (χ2n) is 4.42. The van der Waals surface area contributed by atoms with E-state index in [0.717, 1.165) is 6.07 Å². The smallest absolute Gasteiger partial charge is 0.372 e. The quantitative estimate of drug-likeness (QED) is 0.752. The van der Waals surface area contributed by atoms with Gasteiger partial charge in [0.25, 0.3) is 0 Å². The zero-order valence-electron chi connectivity index (χ0n) is 10.2. The highest BCUT2D eigenvalue weighted by atomic mass is 19.4. The van der Waals surface area contributed by atoms with E-state index in [1.165, 1.54) is 18.3 Å². The van der Waals surface area contributed by atoms with Crippen molar-refractivity contribution in [2.45, 2.75) is 19.3 Å². The lowest BCUT2D eigenvalue weighted by molar-refractivity contribution is -0.139. The zero-order valence-corrected chi connectivity index (χ0v) is 10.2. The number of benzene rings is 1. The average Bonchev–Trinajstić information content (AvgIpc) is 2.80. The number of ether oxygens (including phenoxy) is 1. The van der Waals surface area contributed by atoms with Crippen LogP contribution in [0.5, 0.6) is 0 Å². The Kier molecular flexibility index (Phi) is 3.01. The predicted molar refractivity (Wildman–Crippen MR) is 62.3 cm³/mol. The van der Waals surface area contributed by atoms with Gasteiger partial charge in [0.2, 0.25) is 0 Å². The third-order valence-electron chi connectivity index (χ3n) is 3.20. The fourth-order valence-electron chi connectivity index (χ4n) is 2.34. The summed E-state index contributed by atoms with van der Waals surface area (Å²) >= 11 is 0. The van der Waals surface area contributed by atoms with E-state index in [2.05, 4.69) is 4.98 Å². The van der Waals surface area contributed by atoms with E-state index in [9.17, 15) is 17.6 Å². The molecule has 0 bridgehead atoms. The van der Waals surface area contributed by atoms with Crippen LogP contribution < -0.4 is 0 Å². The molecule has 7 heteroatoms. The van der Waals surface area contributed by atoms with E-state index in [0.29, 0.717) is 19.0 Å². The minimum atomic E-state index is -4.75. The van der Waals surface area contributed by atoms with Crippen LogP contribution in [0.4, 0.5) is 17.6 Å². The summed E-state index contributed by atoms with van der Waals surface area (Å²) < 4.78 is 59.5. The Morgan fingerprint density at radius 2 is 2.05 bits per heavy atom. The molecular formula is C13H10F4N2O. The molecule has 2 heterocycles. The Balaban J connectivity index is 2.21. The molecule has 3 nitrogen and oxygen atoms in total. The first-order valence-corrected chi connectivity index (χ1v) is 5.96. The van der Waals surface area contributed by atoms with Gasteiger partial charge >= 0.3 is 6.18 Å². The molecule has 1 aliphatic heterocycles. The third-order valence-corrected chi connectivity index (χ3v) is 3.20. The molecule has 0 amide bonds. The Bertz CT molecular complexity index is 648. The van der Waals surface area contributed by atoms with Crippen LogP contribution in [-0.4, -0.2) is 16.2 Å². The van der Waals surface area contributed by atoms with Crippen molar-refractivity contribution in [2.24, 2.45) is 0 Å². The SMILES string of the molecule is Fc1cccc(-c2cnc3n2CCOC3)c1C(F)(F)F. The van der Waals surface area contributed by atoms with Gasteiger partial charge in [0, 0.05) is 12.1 Å². The lowest BCUT2D eigenvalue weighted by atomic mass is 10.0. The molecule has 0 aliphatic carbocycles. The van der Waals surface area contributed by atoms with Crippen molar-refractivity contribution >= 4 is 0 Å². The van der Waals surface area contributed by atoms with E-state index in [-0.39, 0.29) is 17.9 Å². The lowest BCUT2D eigenvalue weighted by Crippen LogP contribution is -2.18. The molecule has 1 aromatic heterocycles. The summed E-state index contributed by atoms with van der Waals surface area (Å²) in [5.41, 5.74) is -1.19. The van der Waals surface area contributed by atoms with E-state index >= 15 is 0 Å². The molecule has 1 aliphatic rings. The van der Waals surface area contributed by atoms with Crippen molar-refractivity contribution in [1.82, 2.24) is 9.55 Å². The maximum atomic E-state index is 13.6. The summed E-state index contributed by atoms with van der Waals surface area (Å²) in [7, 11) is 0. The number of rotatable bonds is 1. The maximum Gasteiger partial charge on any atom is 0.419 e. The van der Waals surface area contributed by atoms with Crippen molar-refractivity contribution in [2.75, 3.05) is 6.61 Å². The normalized spacial score (nSPS) is 15.2. The van der Waals surface area contributed by atoms with Crippen LogP contribution in [0.25, 0.3) is 11.3 Å². The molecule has 0 atom stereocenters. The summed E-state index contributed by atoms with van der Waals surface area (Å²) in [4.78, 5) is 4.03. The summed E-state index contributed by atoms with van der Waals surface area (Å²) in [5.74, 6) is -0.735. The molecule has 0 saturated heterocycles. The first-order valence-electron chi connectivity index (χ1n) is 5.96. The Morgan fingerprint density at radius 1 is 1.25 bits per heavy atom. The minimum absolute atomic E-state index is 0.196. The Morgan fingerprint density at radius 3 is 2.80 bits per heavy atom. The summed E-state index contributed by atoms with van der Waals surface area (Å²) in [6.45, 7) is 1.04. The van der Waals surface area contributed by atoms with Gasteiger partial charge in [0.1, 0.15) is 23.8 Å². The molecule has 0 spiro atoms. The fourth-order valence-corrected chi connectivity index (χ4v) is 2.34. The van der Waals surface area contributed by atoms with Crippen LogP contribution in [0.15, 0.2) is 24.4 Å². The monoisotopic (exact) mass is 286 g/mol. The fraction of sp³-hybridized carbons (Fsp3) is 0.308. The van der Waals surface area contributed by atoms with Crippen molar-refractivity contribution in [3.63, 3.8) is 0 Å². The second kappa shape index (κ2) is 4.59. The zero-order chi connectivity index (χ0) is 14.3. The van der Waals surface area contributed by atoms with Gasteiger partial charge in [-0.05, 0) is 6.07 Å². The van der Waals surface area contributed by atoms with E-state index < -0.39 is 17.6 Å². The Hall–Kier alpha value is -1.89. The molecule has 3 rings (SSSR count). The van der Waals surface area contributed by atoms with E-state index in [4.69, 9.17) is 4.74 Å². The topological polar surface area (TPSA) is 27.1 Å². The molecule has 0 radical (unpaired) electrons. The number of fused-ring (bicyclic) bond motifs is 1. The number of hydrogen-bond acceptors (Lipinski definition) is 2. The van der Waals surface area contributed by atoms with Crippen molar-refractivity contribution in [1.29, 1.82) is 0 Å². The lowest BCUT2D eigenvalue weighted by Gasteiger charge is -2.19. The van der Waals surface area contributed by atoms with Crippen LogP contribution in [0.3, 0.4) is 0 Å². The molecule has 2 aromatic rings. The van der Waals surface area contributed by atoms with Crippen molar-refractivity contribution in [3.05, 3.63) is 41.6 Å². The van der Waals surface area contributed by atoms with Crippen molar-refractivity contribution < 1.29 is 22.3 Å². The summed E-state index contributed by atoms with van der Waals surface area (Å²) in [6, 6.07) is 3.33. The largest absolute Gasteiger partial charge is 0.419 e. The van der Waals surface area contributed by atoms with Gasteiger partial charge in [-0.25, -0.2) is 9.37 Å². The molecule has 0 N–H and O–H groups in total. The number of hydrogen-bond donors (Lipinski definition) is 0. The first kappa shape index (κ1) is 13.1.